The molecule has 9 aromatic carbocycles. The summed E-state index contributed by atoms with van der Waals surface area (Å²) in [4.78, 5) is 20.5. The molecule has 0 aliphatic heterocycles. The number of hydrogen-bond donors (Lipinski definition) is 0. The summed E-state index contributed by atoms with van der Waals surface area (Å²) in [6.07, 6.45) is 3.76. The van der Waals surface area contributed by atoms with Crippen molar-refractivity contribution in [3.8, 4) is 56.4 Å². The monoisotopic (exact) mass is 816 g/mol. The van der Waals surface area contributed by atoms with E-state index in [9.17, 15) is 0 Å². The molecular formula is C58H36N6. The fraction of sp³-hybridized carbons (Fsp3) is 0. The minimum atomic E-state index is 0.882. The third-order valence-electron chi connectivity index (χ3n) is 12.6. The Hall–Kier alpha value is -8.74. The van der Waals surface area contributed by atoms with Gasteiger partial charge >= 0.3 is 0 Å². The van der Waals surface area contributed by atoms with Gasteiger partial charge < -0.3 is 0 Å². The highest BCUT2D eigenvalue weighted by Crippen LogP contribution is 2.40. The number of aromatic nitrogens is 6. The lowest BCUT2D eigenvalue weighted by molar-refractivity contribution is 1.11. The van der Waals surface area contributed by atoms with Crippen LogP contribution in [-0.2, 0) is 0 Å². The van der Waals surface area contributed by atoms with Crippen LogP contribution in [0.4, 0.5) is 0 Å². The summed E-state index contributed by atoms with van der Waals surface area (Å²) in [6, 6.07) is 72.9. The van der Waals surface area contributed by atoms with Crippen LogP contribution in [0.2, 0.25) is 0 Å². The van der Waals surface area contributed by atoms with Crippen LogP contribution < -0.4 is 0 Å². The highest BCUT2D eigenvalue weighted by Gasteiger charge is 2.21. The largest absolute Gasteiger partial charge is 0.292 e. The first kappa shape index (κ1) is 36.0. The number of pyridine rings is 2. The molecule has 298 valence electrons. The summed E-state index contributed by atoms with van der Waals surface area (Å²) in [6.45, 7) is 0. The van der Waals surface area contributed by atoms with Gasteiger partial charge in [0, 0.05) is 56.8 Å². The molecule has 6 nitrogen and oxygen atoms in total. The molecule has 0 spiro atoms. The predicted molar refractivity (Wildman–Crippen MR) is 263 cm³/mol. The maximum absolute atomic E-state index is 5.25. The second-order valence-electron chi connectivity index (χ2n) is 16.3. The van der Waals surface area contributed by atoms with Gasteiger partial charge in [0.1, 0.15) is 11.6 Å². The third-order valence-corrected chi connectivity index (χ3v) is 12.6. The standard InChI is InChI=1S/C58H36N6/c1-3-13-41-35-43(27-25-37(41)11-1)63-53-19-7-5-17-51(53)61-57(63)49-31-29-45(55-47(49)15-9-33-59-55)39-21-23-40(24-22-39)46-30-32-50(48-16-10-34-60-56(46)48)58-62-52-18-6-8-20-54(52)64(58)44-28-26-38-12-2-4-14-42(38)36-44/h1-36H. The van der Waals surface area contributed by atoms with Crippen LogP contribution in [0.3, 0.4) is 0 Å². The molecule has 13 rings (SSSR count). The van der Waals surface area contributed by atoms with E-state index in [4.69, 9.17) is 19.9 Å². The van der Waals surface area contributed by atoms with Crippen molar-refractivity contribution in [3.63, 3.8) is 0 Å². The fourth-order valence-electron chi connectivity index (χ4n) is 9.60. The lowest BCUT2D eigenvalue weighted by Crippen LogP contribution is -1.99. The first-order chi connectivity index (χ1) is 31.7. The molecule has 0 radical (unpaired) electrons. The van der Waals surface area contributed by atoms with Crippen LogP contribution >= 0.6 is 0 Å². The molecule has 0 atom stereocenters. The lowest BCUT2D eigenvalue weighted by Gasteiger charge is -2.15. The van der Waals surface area contributed by atoms with E-state index in [-0.39, 0.29) is 0 Å². The van der Waals surface area contributed by atoms with Crippen LogP contribution in [0.25, 0.3) is 122 Å². The number of imidazole rings is 2. The van der Waals surface area contributed by atoms with Gasteiger partial charge in [-0.1, -0.05) is 133 Å². The van der Waals surface area contributed by atoms with Crippen molar-refractivity contribution in [2.75, 3.05) is 0 Å². The smallest absolute Gasteiger partial charge is 0.146 e. The van der Waals surface area contributed by atoms with Gasteiger partial charge in [-0.25, -0.2) is 9.97 Å². The molecule has 64 heavy (non-hydrogen) atoms. The van der Waals surface area contributed by atoms with E-state index in [1.54, 1.807) is 0 Å². The Morgan fingerprint density at radius 3 is 1.19 bits per heavy atom. The zero-order valence-corrected chi connectivity index (χ0v) is 34.5. The van der Waals surface area contributed by atoms with E-state index < -0.39 is 0 Å². The van der Waals surface area contributed by atoms with Gasteiger partial charge in [-0.3, -0.25) is 19.1 Å². The highest BCUT2D eigenvalue weighted by molar-refractivity contribution is 6.05. The van der Waals surface area contributed by atoms with Crippen LogP contribution in [0, 0.1) is 0 Å². The molecule has 0 saturated carbocycles. The molecule has 0 fully saturated rings. The molecule has 0 aliphatic rings. The molecule has 0 N–H and O–H groups in total. The number of fused-ring (bicyclic) bond motifs is 6. The summed E-state index contributed by atoms with van der Waals surface area (Å²) >= 11 is 0. The zero-order chi connectivity index (χ0) is 42.1. The normalized spacial score (nSPS) is 11.8. The van der Waals surface area contributed by atoms with Crippen LogP contribution in [0.5, 0.6) is 0 Å². The van der Waals surface area contributed by atoms with Crippen LogP contribution in [0.1, 0.15) is 0 Å². The van der Waals surface area contributed by atoms with Gasteiger partial charge in [0.25, 0.3) is 0 Å². The molecule has 0 bridgehead atoms. The van der Waals surface area contributed by atoms with Gasteiger partial charge in [-0.2, -0.15) is 0 Å². The topological polar surface area (TPSA) is 61.4 Å². The molecule has 4 aromatic heterocycles. The molecule has 0 amide bonds. The highest BCUT2D eigenvalue weighted by atomic mass is 15.1. The average molecular weight is 817 g/mol. The first-order valence-corrected chi connectivity index (χ1v) is 21.5. The van der Waals surface area contributed by atoms with E-state index in [0.717, 1.165) is 100 Å². The van der Waals surface area contributed by atoms with Crippen LogP contribution in [0.15, 0.2) is 219 Å². The number of benzene rings is 9. The van der Waals surface area contributed by atoms with Crippen molar-refractivity contribution in [1.82, 2.24) is 29.1 Å². The van der Waals surface area contributed by atoms with Gasteiger partial charge in [0.05, 0.1) is 33.1 Å². The van der Waals surface area contributed by atoms with E-state index in [1.165, 1.54) is 21.5 Å². The minimum Gasteiger partial charge on any atom is -0.292 e. The van der Waals surface area contributed by atoms with Gasteiger partial charge in [0.2, 0.25) is 0 Å². The molecule has 6 heteroatoms. The van der Waals surface area contributed by atoms with Crippen molar-refractivity contribution in [3.05, 3.63) is 219 Å². The number of rotatable bonds is 6. The van der Waals surface area contributed by atoms with E-state index in [0.29, 0.717) is 0 Å². The molecule has 13 aromatic rings. The molecule has 0 unspecified atom stereocenters. The third kappa shape index (κ3) is 5.73. The molecular weight excluding hydrogens is 781 g/mol. The van der Waals surface area contributed by atoms with Crippen molar-refractivity contribution >= 4 is 65.4 Å². The Balaban J connectivity index is 0.904. The lowest BCUT2D eigenvalue weighted by atomic mass is 9.94. The summed E-state index contributed by atoms with van der Waals surface area (Å²) in [5, 5.41) is 6.87. The Bertz CT molecular complexity index is 3710. The van der Waals surface area contributed by atoms with Gasteiger partial charge in [-0.05, 0) is 105 Å². The predicted octanol–water partition coefficient (Wildman–Crippen LogP) is 14.4. The minimum absolute atomic E-state index is 0.882. The first-order valence-electron chi connectivity index (χ1n) is 21.5. The second-order valence-corrected chi connectivity index (χ2v) is 16.3. The maximum Gasteiger partial charge on any atom is 0.146 e. The molecule has 0 saturated heterocycles. The quantitative estimate of drug-likeness (QED) is 0.168. The zero-order valence-electron chi connectivity index (χ0n) is 34.5. The summed E-state index contributed by atoms with van der Waals surface area (Å²) in [7, 11) is 0. The van der Waals surface area contributed by atoms with E-state index >= 15 is 0 Å². The van der Waals surface area contributed by atoms with Crippen molar-refractivity contribution < 1.29 is 0 Å². The SMILES string of the molecule is c1ccc2cc(-n3c(-c4ccc(-c5ccc(-c6ccc(-c7nc8ccccc8n7-c7ccc8ccccc8c7)c7cccnc67)cc5)c5ncccc45)nc4ccccc43)ccc2c1. The Kier molecular flexibility index (Phi) is 8.11. The van der Waals surface area contributed by atoms with Crippen molar-refractivity contribution in [2.24, 2.45) is 0 Å². The number of hydrogen-bond acceptors (Lipinski definition) is 4. The number of nitrogens with zero attached hydrogens (tertiary/aromatic N) is 6. The van der Waals surface area contributed by atoms with Crippen molar-refractivity contribution in [2.45, 2.75) is 0 Å². The van der Waals surface area contributed by atoms with Crippen molar-refractivity contribution in [1.29, 1.82) is 0 Å². The fourth-order valence-corrected chi connectivity index (χ4v) is 9.60. The molecule has 0 aliphatic carbocycles. The maximum atomic E-state index is 5.25. The van der Waals surface area contributed by atoms with Gasteiger partial charge in [0.15, 0.2) is 0 Å². The Morgan fingerprint density at radius 1 is 0.312 bits per heavy atom. The Morgan fingerprint density at radius 2 is 0.719 bits per heavy atom. The summed E-state index contributed by atoms with van der Waals surface area (Å²) in [5.74, 6) is 1.76. The van der Waals surface area contributed by atoms with E-state index in [1.807, 2.05) is 36.7 Å². The molecule has 4 heterocycles. The summed E-state index contributed by atoms with van der Waals surface area (Å²) in [5.41, 5.74) is 14.3. The van der Waals surface area contributed by atoms with Gasteiger partial charge in [-0.15, -0.1) is 0 Å². The average Bonchev–Trinajstić information content (AvgIpc) is 3.95. The van der Waals surface area contributed by atoms with Crippen LogP contribution in [-0.4, -0.2) is 29.1 Å². The summed E-state index contributed by atoms with van der Waals surface area (Å²) < 4.78 is 4.56. The Labute approximate surface area is 368 Å². The second kappa shape index (κ2) is 14.4. The van der Waals surface area contributed by atoms with E-state index in [2.05, 4.69) is 191 Å². The number of para-hydroxylation sites is 4.